The minimum absolute atomic E-state index is 0.0203. The van der Waals surface area contributed by atoms with Gasteiger partial charge in [-0.05, 0) is 20.8 Å². The Morgan fingerprint density at radius 2 is 1.87 bits per heavy atom. The van der Waals surface area contributed by atoms with Crippen LogP contribution in [0.2, 0.25) is 0 Å². The van der Waals surface area contributed by atoms with E-state index in [1.807, 2.05) is 27.8 Å². The molecular formula is C11H25N3O. The Labute approximate surface area is 93.4 Å². The lowest BCUT2D eigenvalue weighted by Gasteiger charge is -2.26. The molecule has 0 saturated carbocycles. The molecule has 0 heterocycles. The van der Waals surface area contributed by atoms with Crippen LogP contribution in [0.4, 0.5) is 4.79 Å². The molecule has 0 aromatic heterocycles. The molecule has 15 heavy (non-hydrogen) atoms. The Bertz CT molecular complexity index is 196. The highest BCUT2D eigenvalue weighted by Crippen LogP contribution is 1.99. The Morgan fingerprint density at radius 1 is 1.33 bits per heavy atom. The van der Waals surface area contributed by atoms with E-state index in [1.54, 1.807) is 4.90 Å². The molecule has 0 rings (SSSR count). The second kappa shape index (κ2) is 5.95. The summed E-state index contributed by atoms with van der Waals surface area (Å²) in [5, 5.41) is 6.19. The molecule has 0 fully saturated rings. The second-order valence-electron chi connectivity index (χ2n) is 5.21. The van der Waals surface area contributed by atoms with E-state index in [0.717, 1.165) is 13.1 Å². The van der Waals surface area contributed by atoms with Crippen molar-refractivity contribution in [3.05, 3.63) is 0 Å². The van der Waals surface area contributed by atoms with E-state index in [-0.39, 0.29) is 11.6 Å². The van der Waals surface area contributed by atoms with E-state index in [0.29, 0.717) is 6.04 Å². The number of nitrogens with zero attached hydrogens (tertiary/aromatic N) is 1. The van der Waals surface area contributed by atoms with Gasteiger partial charge in [0.25, 0.3) is 0 Å². The van der Waals surface area contributed by atoms with Gasteiger partial charge >= 0.3 is 6.03 Å². The Balaban J connectivity index is 3.80. The lowest BCUT2D eigenvalue weighted by molar-refractivity contribution is 0.199. The van der Waals surface area contributed by atoms with Crippen molar-refractivity contribution in [3.8, 4) is 0 Å². The number of nitrogens with one attached hydrogen (secondary N) is 2. The zero-order valence-corrected chi connectivity index (χ0v) is 10.8. The molecule has 0 atom stereocenters. The fraction of sp³-hybridized carbons (Fsp3) is 0.909. The van der Waals surface area contributed by atoms with E-state index < -0.39 is 0 Å². The fourth-order valence-electron chi connectivity index (χ4n) is 1.04. The summed E-state index contributed by atoms with van der Waals surface area (Å²) < 4.78 is 0. The second-order valence-corrected chi connectivity index (χ2v) is 5.21. The Hall–Kier alpha value is -0.770. The molecule has 0 spiro atoms. The minimum atomic E-state index is -0.170. The number of hydrogen-bond donors (Lipinski definition) is 2. The summed E-state index contributed by atoms with van der Waals surface area (Å²) in [4.78, 5) is 13.3. The summed E-state index contributed by atoms with van der Waals surface area (Å²) in [7, 11) is 1.81. The third-order valence-electron chi connectivity index (χ3n) is 1.83. The van der Waals surface area contributed by atoms with Gasteiger partial charge < -0.3 is 15.5 Å². The topological polar surface area (TPSA) is 44.4 Å². The van der Waals surface area contributed by atoms with Gasteiger partial charge in [0.2, 0.25) is 0 Å². The largest absolute Gasteiger partial charge is 0.333 e. The number of urea groups is 1. The lowest BCUT2D eigenvalue weighted by Crippen LogP contribution is -2.48. The predicted molar refractivity (Wildman–Crippen MR) is 64.1 cm³/mol. The van der Waals surface area contributed by atoms with Gasteiger partial charge in [0.15, 0.2) is 0 Å². The number of carbonyl (C=O) groups excluding carboxylic acids is 1. The molecule has 4 nitrogen and oxygen atoms in total. The van der Waals surface area contributed by atoms with Crippen LogP contribution in [0.15, 0.2) is 0 Å². The molecule has 0 aliphatic heterocycles. The summed E-state index contributed by atoms with van der Waals surface area (Å²) in [5.74, 6) is 0. The van der Waals surface area contributed by atoms with Crippen LogP contribution in [0.5, 0.6) is 0 Å². The number of rotatable bonds is 4. The van der Waals surface area contributed by atoms with E-state index in [4.69, 9.17) is 0 Å². The van der Waals surface area contributed by atoms with Crippen LogP contribution in [0.1, 0.15) is 34.6 Å². The standard InChI is InChI=1S/C11H25N3O/c1-9(2)12-7-8-14(6)10(15)13-11(3,4)5/h9,12H,7-8H2,1-6H3,(H,13,15). The van der Waals surface area contributed by atoms with Crippen LogP contribution < -0.4 is 10.6 Å². The Kier molecular flexibility index (Phi) is 5.65. The molecule has 2 N–H and O–H groups in total. The van der Waals surface area contributed by atoms with E-state index in [9.17, 15) is 4.79 Å². The first-order valence-corrected chi connectivity index (χ1v) is 5.49. The van der Waals surface area contributed by atoms with Gasteiger partial charge in [-0.25, -0.2) is 4.79 Å². The number of likely N-dealkylation sites (N-methyl/N-ethyl adjacent to an activating group) is 1. The molecule has 0 aromatic rings. The smallest absolute Gasteiger partial charge is 0.317 e. The van der Waals surface area contributed by atoms with E-state index >= 15 is 0 Å². The van der Waals surface area contributed by atoms with E-state index in [1.165, 1.54) is 0 Å². The quantitative estimate of drug-likeness (QED) is 0.745. The van der Waals surface area contributed by atoms with Crippen molar-refractivity contribution in [1.82, 2.24) is 15.5 Å². The van der Waals surface area contributed by atoms with Crippen molar-refractivity contribution in [1.29, 1.82) is 0 Å². The van der Waals surface area contributed by atoms with E-state index in [2.05, 4.69) is 24.5 Å². The minimum Gasteiger partial charge on any atom is -0.333 e. The molecule has 0 unspecified atom stereocenters. The van der Waals surface area contributed by atoms with Gasteiger partial charge in [0.05, 0.1) is 0 Å². The van der Waals surface area contributed by atoms with Crippen molar-refractivity contribution in [2.24, 2.45) is 0 Å². The highest BCUT2D eigenvalue weighted by atomic mass is 16.2. The number of hydrogen-bond acceptors (Lipinski definition) is 2. The van der Waals surface area contributed by atoms with Gasteiger partial charge in [0, 0.05) is 31.7 Å². The molecule has 2 amide bonds. The first kappa shape index (κ1) is 14.2. The van der Waals surface area contributed by atoms with Crippen molar-refractivity contribution >= 4 is 6.03 Å². The summed E-state index contributed by atoms with van der Waals surface area (Å²) in [6, 6.07) is 0.442. The third-order valence-corrected chi connectivity index (χ3v) is 1.83. The van der Waals surface area contributed by atoms with Crippen molar-refractivity contribution in [3.63, 3.8) is 0 Å². The predicted octanol–water partition coefficient (Wildman–Crippen LogP) is 1.42. The molecule has 0 aliphatic carbocycles. The summed E-state index contributed by atoms with van der Waals surface area (Å²) in [6.07, 6.45) is 0. The molecular weight excluding hydrogens is 190 g/mol. The van der Waals surface area contributed by atoms with Gasteiger partial charge in [-0.2, -0.15) is 0 Å². The van der Waals surface area contributed by atoms with Gasteiger partial charge in [0.1, 0.15) is 0 Å². The maximum Gasteiger partial charge on any atom is 0.317 e. The van der Waals surface area contributed by atoms with Gasteiger partial charge in [-0.1, -0.05) is 13.8 Å². The average molecular weight is 215 g/mol. The van der Waals surface area contributed by atoms with Crippen LogP contribution >= 0.6 is 0 Å². The first-order chi connectivity index (χ1) is 6.72. The first-order valence-electron chi connectivity index (χ1n) is 5.49. The summed E-state index contributed by atoms with van der Waals surface area (Å²) in [6.45, 7) is 11.7. The van der Waals surface area contributed by atoms with Crippen molar-refractivity contribution < 1.29 is 4.79 Å². The SMILES string of the molecule is CC(C)NCCN(C)C(=O)NC(C)(C)C. The summed E-state index contributed by atoms with van der Waals surface area (Å²) >= 11 is 0. The molecule has 0 aliphatic rings. The number of carbonyl (C=O) groups is 1. The Morgan fingerprint density at radius 3 is 2.27 bits per heavy atom. The zero-order chi connectivity index (χ0) is 12.1. The highest BCUT2D eigenvalue weighted by molar-refractivity contribution is 5.74. The van der Waals surface area contributed by atoms with Crippen LogP contribution in [-0.2, 0) is 0 Å². The number of amides is 2. The van der Waals surface area contributed by atoms with Gasteiger partial charge in [-0.3, -0.25) is 0 Å². The van der Waals surface area contributed by atoms with Crippen LogP contribution in [0.25, 0.3) is 0 Å². The molecule has 0 aromatic carbocycles. The maximum atomic E-state index is 11.6. The van der Waals surface area contributed by atoms with Crippen molar-refractivity contribution in [2.45, 2.75) is 46.2 Å². The molecule has 0 bridgehead atoms. The normalized spacial score (nSPS) is 11.7. The van der Waals surface area contributed by atoms with Crippen LogP contribution in [0, 0.1) is 0 Å². The van der Waals surface area contributed by atoms with Gasteiger partial charge in [-0.15, -0.1) is 0 Å². The van der Waals surface area contributed by atoms with Crippen molar-refractivity contribution in [2.75, 3.05) is 20.1 Å². The summed E-state index contributed by atoms with van der Waals surface area (Å²) in [5.41, 5.74) is -0.170. The fourth-order valence-corrected chi connectivity index (χ4v) is 1.04. The van der Waals surface area contributed by atoms with Crippen LogP contribution in [-0.4, -0.2) is 42.6 Å². The molecule has 0 radical (unpaired) electrons. The maximum absolute atomic E-state index is 11.6. The molecule has 0 saturated heterocycles. The monoisotopic (exact) mass is 215 g/mol. The zero-order valence-electron chi connectivity index (χ0n) is 10.8. The third kappa shape index (κ3) is 8.24. The van der Waals surface area contributed by atoms with Crippen LogP contribution in [0.3, 0.4) is 0 Å². The molecule has 90 valence electrons. The average Bonchev–Trinajstić information content (AvgIpc) is 1.99. The molecule has 4 heteroatoms. The lowest BCUT2D eigenvalue weighted by atomic mass is 10.1. The highest BCUT2D eigenvalue weighted by Gasteiger charge is 2.16.